The Morgan fingerprint density at radius 3 is 2.53 bits per heavy atom. The third-order valence-corrected chi connectivity index (χ3v) is 3.57. The summed E-state index contributed by atoms with van der Waals surface area (Å²) in [6, 6.07) is 3.90. The molecule has 0 aliphatic heterocycles. The highest BCUT2D eigenvalue weighted by Crippen LogP contribution is 2.37. The van der Waals surface area contributed by atoms with Crippen LogP contribution in [0.1, 0.15) is 36.5 Å². The van der Waals surface area contributed by atoms with Crippen molar-refractivity contribution in [3.8, 4) is 11.5 Å². The number of halogens is 1. The lowest BCUT2D eigenvalue weighted by Crippen LogP contribution is -2.44. The van der Waals surface area contributed by atoms with Gasteiger partial charge in [0.2, 0.25) is 0 Å². The topological polar surface area (TPSA) is 77.8 Å². The molecule has 1 aliphatic carbocycles. The Hall–Kier alpha value is -1.46. The van der Waals surface area contributed by atoms with Gasteiger partial charge >= 0.3 is 0 Å². The molecule has 2 aromatic rings. The summed E-state index contributed by atoms with van der Waals surface area (Å²) in [5.41, 5.74) is 8.54. The van der Waals surface area contributed by atoms with Crippen LogP contribution in [0.5, 0.6) is 0 Å². The van der Waals surface area contributed by atoms with E-state index in [1.165, 1.54) is 0 Å². The van der Waals surface area contributed by atoms with Crippen LogP contribution in [0, 0.1) is 13.8 Å². The van der Waals surface area contributed by atoms with Gasteiger partial charge in [0.25, 0.3) is 5.89 Å². The third kappa shape index (κ3) is 2.35. The fraction of sp³-hybridized carbons (Fsp3) is 0.462. The van der Waals surface area contributed by atoms with Gasteiger partial charge < -0.3 is 10.3 Å². The van der Waals surface area contributed by atoms with Crippen molar-refractivity contribution in [2.24, 2.45) is 5.73 Å². The average molecular weight is 281 g/mol. The van der Waals surface area contributed by atoms with Gasteiger partial charge in [-0.15, -0.1) is 12.4 Å². The van der Waals surface area contributed by atoms with Gasteiger partial charge in [-0.3, -0.25) is 4.98 Å². The largest absolute Gasteiger partial charge is 0.334 e. The Labute approximate surface area is 118 Å². The lowest BCUT2D eigenvalue weighted by molar-refractivity contribution is 0.229. The smallest absolute Gasteiger partial charge is 0.259 e. The highest BCUT2D eigenvalue weighted by Gasteiger charge is 2.39. The third-order valence-electron chi connectivity index (χ3n) is 3.57. The van der Waals surface area contributed by atoms with E-state index in [4.69, 9.17) is 10.3 Å². The van der Waals surface area contributed by atoms with E-state index in [0.29, 0.717) is 11.7 Å². The van der Waals surface area contributed by atoms with Crippen LogP contribution < -0.4 is 5.73 Å². The van der Waals surface area contributed by atoms with Crippen LogP contribution in [-0.2, 0) is 5.54 Å². The van der Waals surface area contributed by atoms with Crippen LogP contribution in [0.4, 0.5) is 0 Å². The Balaban J connectivity index is 0.00000133. The van der Waals surface area contributed by atoms with Gasteiger partial charge in [-0.2, -0.15) is 4.98 Å². The summed E-state index contributed by atoms with van der Waals surface area (Å²) in [6.45, 7) is 3.90. The second-order valence-corrected chi connectivity index (χ2v) is 5.02. The summed E-state index contributed by atoms with van der Waals surface area (Å²) >= 11 is 0. The number of nitrogens with two attached hydrogens (primary N) is 1. The summed E-state index contributed by atoms with van der Waals surface area (Å²) in [6.07, 6.45) is 2.99. The molecule has 0 bridgehead atoms. The summed E-state index contributed by atoms with van der Waals surface area (Å²) in [7, 11) is 0. The average Bonchev–Trinajstić information content (AvgIpc) is 2.75. The molecule has 0 aromatic carbocycles. The predicted octanol–water partition coefficient (Wildman–Crippen LogP) is 2.51. The first-order chi connectivity index (χ1) is 8.58. The molecule has 2 aromatic heterocycles. The highest BCUT2D eigenvalue weighted by molar-refractivity contribution is 5.85. The molecule has 0 atom stereocenters. The number of rotatable bonds is 2. The van der Waals surface area contributed by atoms with Crippen molar-refractivity contribution in [2.75, 3.05) is 0 Å². The monoisotopic (exact) mass is 280 g/mol. The molecule has 102 valence electrons. The zero-order chi connectivity index (χ0) is 12.8. The summed E-state index contributed by atoms with van der Waals surface area (Å²) in [5, 5.41) is 4.01. The van der Waals surface area contributed by atoms with Crippen molar-refractivity contribution in [2.45, 2.75) is 38.6 Å². The van der Waals surface area contributed by atoms with E-state index in [9.17, 15) is 0 Å². The lowest BCUT2D eigenvalue weighted by atomic mass is 9.77. The normalized spacial score (nSPS) is 16.6. The fourth-order valence-electron chi connectivity index (χ4n) is 2.23. The maximum Gasteiger partial charge on any atom is 0.259 e. The molecule has 19 heavy (non-hydrogen) atoms. The van der Waals surface area contributed by atoms with Crippen LogP contribution in [-0.4, -0.2) is 15.1 Å². The molecule has 0 radical (unpaired) electrons. The second kappa shape index (κ2) is 4.90. The molecule has 2 heterocycles. The molecule has 2 N–H and O–H groups in total. The lowest BCUT2D eigenvalue weighted by Gasteiger charge is -2.34. The number of hydrogen-bond acceptors (Lipinski definition) is 5. The number of nitrogens with zero attached hydrogens (tertiary/aromatic N) is 3. The first-order valence-electron chi connectivity index (χ1n) is 6.16. The van der Waals surface area contributed by atoms with Gasteiger partial charge in [-0.25, -0.2) is 0 Å². The van der Waals surface area contributed by atoms with E-state index in [1.54, 1.807) is 0 Å². The van der Waals surface area contributed by atoms with Gasteiger partial charge in [0.1, 0.15) is 0 Å². The Bertz CT molecular complexity index is 592. The highest BCUT2D eigenvalue weighted by atomic mass is 35.5. The van der Waals surface area contributed by atoms with E-state index in [-0.39, 0.29) is 17.9 Å². The van der Waals surface area contributed by atoms with Crippen LogP contribution in [0.25, 0.3) is 11.5 Å². The minimum absolute atomic E-state index is 0. The minimum Gasteiger partial charge on any atom is -0.334 e. The maximum atomic E-state index is 6.18. The van der Waals surface area contributed by atoms with Crippen molar-refractivity contribution in [1.29, 1.82) is 0 Å². The number of aryl methyl sites for hydroxylation is 2. The fourth-order valence-corrected chi connectivity index (χ4v) is 2.23. The van der Waals surface area contributed by atoms with E-state index >= 15 is 0 Å². The summed E-state index contributed by atoms with van der Waals surface area (Å²) in [4.78, 5) is 8.82. The van der Waals surface area contributed by atoms with Crippen molar-refractivity contribution in [3.05, 3.63) is 29.3 Å². The molecule has 6 heteroatoms. The molecular formula is C13H17ClN4O. The van der Waals surface area contributed by atoms with E-state index in [0.717, 1.165) is 36.2 Å². The van der Waals surface area contributed by atoms with E-state index < -0.39 is 0 Å². The zero-order valence-corrected chi connectivity index (χ0v) is 11.8. The standard InChI is InChI=1S/C13H16N4O.ClH/c1-8-4-5-10(9(2)15-8)11-16-12(17-18-11)13(14)6-3-7-13;/h4-5H,3,6-7,14H2,1-2H3;1H. The van der Waals surface area contributed by atoms with Crippen molar-refractivity contribution < 1.29 is 4.52 Å². The Morgan fingerprint density at radius 1 is 1.21 bits per heavy atom. The molecule has 3 rings (SSSR count). The summed E-state index contributed by atoms with van der Waals surface area (Å²) < 4.78 is 5.31. The first-order valence-corrected chi connectivity index (χ1v) is 6.16. The minimum atomic E-state index is -0.381. The predicted molar refractivity (Wildman–Crippen MR) is 74.0 cm³/mol. The molecule has 1 aliphatic rings. The van der Waals surface area contributed by atoms with E-state index in [2.05, 4.69) is 15.1 Å². The van der Waals surface area contributed by atoms with Crippen LogP contribution >= 0.6 is 12.4 Å². The molecule has 0 spiro atoms. The number of aromatic nitrogens is 3. The number of pyridine rings is 1. The molecule has 1 saturated carbocycles. The first kappa shape index (κ1) is 14.0. The molecule has 0 unspecified atom stereocenters. The summed E-state index contributed by atoms with van der Waals surface area (Å²) in [5.74, 6) is 1.12. The van der Waals surface area contributed by atoms with Gasteiger partial charge in [0, 0.05) is 5.69 Å². The maximum absolute atomic E-state index is 6.18. The molecular weight excluding hydrogens is 264 g/mol. The quantitative estimate of drug-likeness (QED) is 0.914. The molecule has 5 nitrogen and oxygen atoms in total. The van der Waals surface area contributed by atoms with Crippen LogP contribution in [0.3, 0.4) is 0 Å². The van der Waals surface area contributed by atoms with Crippen LogP contribution in [0.2, 0.25) is 0 Å². The van der Waals surface area contributed by atoms with Crippen molar-refractivity contribution in [3.63, 3.8) is 0 Å². The van der Waals surface area contributed by atoms with E-state index in [1.807, 2.05) is 26.0 Å². The van der Waals surface area contributed by atoms with Crippen LogP contribution in [0.15, 0.2) is 16.7 Å². The molecule has 0 saturated heterocycles. The van der Waals surface area contributed by atoms with Crippen molar-refractivity contribution in [1.82, 2.24) is 15.1 Å². The van der Waals surface area contributed by atoms with Gasteiger partial charge in [0.15, 0.2) is 5.82 Å². The number of hydrogen-bond donors (Lipinski definition) is 1. The SMILES string of the molecule is Cc1ccc(-c2nc(C3(N)CCC3)no2)c(C)n1.Cl. The molecule has 1 fully saturated rings. The Morgan fingerprint density at radius 2 is 1.95 bits per heavy atom. The second-order valence-electron chi connectivity index (χ2n) is 5.02. The van der Waals surface area contributed by atoms with Gasteiger partial charge in [-0.05, 0) is 45.2 Å². The zero-order valence-electron chi connectivity index (χ0n) is 11.0. The van der Waals surface area contributed by atoms with Crippen molar-refractivity contribution >= 4 is 12.4 Å². The van der Waals surface area contributed by atoms with Gasteiger partial charge in [0.05, 0.1) is 16.8 Å². The molecule has 0 amide bonds. The Kier molecular flexibility index (Phi) is 3.60. The van der Waals surface area contributed by atoms with Gasteiger partial charge in [-0.1, -0.05) is 5.16 Å².